The van der Waals surface area contributed by atoms with Gasteiger partial charge in [-0.15, -0.1) is 0 Å². The number of hydrogen-bond acceptors (Lipinski definition) is 7. The Morgan fingerprint density at radius 3 is 2.31 bits per heavy atom. The molecule has 0 saturated carbocycles. The number of ether oxygens (including phenoxy) is 3. The third kappa shape index (κ3) is 5.57. The molecule has 0 saturated heterocycles. The van der Waals surface area contributed by atoms with E-state index in [0.717, 1.165) is 5.69 Å². The van der Waals surface area contributed by atoms with Gasteiger partial charge in [0.15, 0.2) is 11.5 Å². The lowest BCUT2D eigenvalue weighted by atomic mass is 10.2. The third-order valence-electron chi connectivity index (χ3n) is 4.39. The number of amides is 2. The summed E-state index contributed by atoms with van der Waals surface area (Å²) in [5.74, 6) is 3.05. The number of benzene rings is 2. The van der Waals surface area contributed by atoms with Crippen LogP contribution in [0.3, 0.4) is 0 Å². The van der Waals surface area contributed by atoms with E-state index in [-0.39, 0.29) is 12.1 Å². The largest absolute Gasteiger partial charge is 0.486 e. The minimum atomic E-state index is -0.357. The molecule has 1 aromatic heterocycles. The number of nitrogens with one attached hydrogen (secondary N) is 3. The number of aromatic nitrogens is 2. The van der Waals surface area contributed by atoms with Crippen molar-refractivity contribution in [2.24, 2.45) is 0 Å². The second-order valence-corrected chi connectivity index (χ2v) is 7.45. The first-order valence-corrected chi connectivity index (χ1v) is 10.3. The molecule has 0 bridgehead atoms. The van der Waals surface area contributed by atoms with Gasteiger partial charge in [-0.25, -0.2) is 9.78 Å². The van der Waals surface area contributed by atoms with E-state index in [0.29, 0.717) is 53.6 Å². The second-order valence-electron chi connectivity index (χ2n) is 7.45. The molecule has 166 valence electrons. The van der Waals surface area contributed by atoms with Crippen molar-refractivity contribution >= 4 is 28.9 Å². The minimum Gasteiger partial charge on any atom is -0.486 e. The van der Waals surface area contributed by atoms with E-state index in [9.17, 15) is 4.79 Å². The molecule has 9 heteroatoms. The molecule has 0 spiro atoms. The van der Waals surface area contributed by atoms with E-state index >= 15 is 0 Å². The molecule has 4 rings (SSSR count). The van der Waals surface area contributed by atoms with Crippen molar-refractivity contribution < 1.29 is 19.0 Å². The molecule has 0 atom stereocenters. The van der Waals surface area contributed by atoms with Gasteiger partial charge in [-0.1, -0.05) is 0 Å². The highest BCUT2D eigenvalue weighted by Gasteiger charge is 2.13. The number of aryl methyl sites for hydroxylation is 1. The average Bonchev–Trinajstić information content (AvgIpc) is 2.74. The second kappa shape index (κ2) is 9.42. The topological polar surface area (TPSA) is 107 Å². The molecule has 2 aromatic carbocycles. The number of carbonyl (C=O) groups excluding carboxylic acids is 1. The molecule has 0 radical (unpaired) electrons. The quantitative estimate of drug-likeness (QED) is 0.514. The predicted octanol–water partition coefficient (Wildman–Crippen LogP) is 4.73. The van der Waals surface area contributed by atoms with Crippen LogP contribution in [0.1, 0.15) is 19.7 Å². The number of nitrogens with zero attached hydrogens (tertiary/aromatic N) is 2. The van der Waals surface area contributed by atoms with Gasteiger partial charge in [0.25, 0.3) is 0 Å². The normalized spacial score (nSPS) is 12.2. The van der Waals surface area contributed by atoms with Crippen molar-refractivity contribution in [1.82, 2.24) is 9.97 Å². The maximum absolute atomic E-state index is 12.3. The zero-order chi connectivity index (χ0) is 22.5. The van der Waals surface area contributed by atoms with Crippen molar-refractivity contribution in [2.75, 3.05) is 29.2 Å². The van der Waals surface area contributed by atoms with E-state index in [1.54, 1.807) is 36.4 Å². The van der Waals surface area contributed by atoms with Gasteiger partial charge in [0.2, 0.25) is 5.88 Å². The molecule has 0 unspecified atom stereocenters. The third-order valence-corrected chi connectivity index (χ3v) is 4.39. The predicted molar refractivity (Wildman–Crippen MR) is 122 cm³/mol. The Morgan fingerprint density at radius 1 is 0.906 bits per heavy atom. The summed E-state index contributed by atoms with van der Waals surface area (Å²) in [4.78, 5) is 21.0. The van der Waals surface area contributed by atoms with Gasteiger partial charge in [-0.05, 0) is 57.2 Å². The van der Waals surface area contributed by atoms with Crippen LogP contribution in [0.2, 0.25) is 0 Å². The Bertz CT molecular complexity index is 1100. The highest BCUT2D eigenvalue weighted by Crippen LogP contribution is 2.32. The van der Waals surface area contributed by atoms with Crippen LogP contribution in [0.25, 0.3) is 0 Å². The fourth-order valence-electron chi connectivity index (χ4n) is 3.11. The van der Waals surface area contributed by atoms with Gasteiger partial charge in [0, 0.05) is 29.2 Å². The SMILES string of the molecule is Cc1nc(Nc2ccc(NC(=O)Nc3ccc4c(c3)OCCO4)cc2)cc(OC(C)C)n1. The van der Waals surface area contributed by atoms with Gasteiger partial charge in [-0.2, -0.15) is 4.98 Å². The first-order chi connectivity index (χ1) is 15.4. The minimum absolute atomic E-state index is 0.0239. The summed E-state index contributed by atoms with van der Waals surface area (Å²) in [7, 11) is 0. The molecular formula is C23H25N5O4. The first-order valence-electron chi connectivity index (χ1n) is 10.3. The van der Waals surface area contributed by atoms with E-state index in [4.69, 9.17) is 14.2 Å². The van der Waals surface area contributed by atoms with Crippen LogP contribution in [0.5, 0.6) is 17.4 Å². The van der Waals surface area contributed by atoms with Crippen LogP contribution < -0.4 is 30.2 Å². The number of urea groups is 1. The molecule has 9 nitrogen and oxygen atoms in total. The van der Waals surface area contributed by atoms with Crippen molar-refractivity contribution in [3.05, 3.63) is 54.4 Å². The maximum Gasteiger partial charge on any atom is 0.323 e. The van der Waals surface area contributed by atoms with Crippen LogP contribution in [0.15, 0.2) is 48.5 Å². The summed E-state index contributed by atoms with van der Waals surface area (Å²) in [6.07, 6.45) is 0.0239. The lowest BCUT2D eigenvalue weighted by Crippen LogP contribution is -2.20. The summed E-state index contributed by atoms with van der Waals surface area (Å²) < 4.78 is 16.7. The van der Waals surface area contributed by atoms with Crippen LogP contribution in [-0.2, 0) is 0 Å². The summed E-state index contributed by atoms with van der Waals surface area (Å²) in [5, 5.41) is 8.82. The molecule has 1 aliphatic rings. The van der Waals surface area contributed by atoms with Gasteiger partial charge >= 0.3 is 6.03 Å². The smallest absolute Gasteiger partial charge is 0.323 e. The molecule has 3 N–H and O–H groups in total. The van der Waals surface area contributed by atoms with E-state index in [2.05, 4.69) is 25.9 Å². The summed E-state index contributed by atoms with van der Waals surface area (Å²) in [6, 6.07) is 14.0. The number of rotatable bonds is 6. The van der Waals surface area contributed by atoms with Crippen LogP contribution >= 0.6 is 0 Å². The standard InChI is InChI=1S/C23H25N5O4/c1-14(2)32-22-13-21(24-15(3)25-22)26-16-4-6-17(7-5-16)27-23(29)28-18-8-9-19-20(12-18)31-11-10-30-19/h4-9,12-14H,10-11H2,1-3H3,(H,24,25,26)(H2,27,28,29). The zero-order valence-corrected chi connectivity index (χ0v) is 18.1. The molecule has 0 aliphatic carbocycles. The fourth-order valence-corrected chi connectivity index (χ4v) is 3.11. The van der Waals surface area contributed by atoms with Crippen molar-refractivity contribution in [1.29, 1.82) is 0 Å². The van der Waals surface area contributed by atoms with Gasteiger partial charge in [-0.3, -0.25) is 0 Å². The molecule has 2 heterocycles. The molecule has 0 fully saturated rings. The monoisotopic (exact) mass is 435 g/mol. The van der Waals surface area contributed by atoms with Gasteiger partial charge < -0.3 is 30.2 Å². The maximum atomic E-state index is 12.3. The number of anilines is 4. The summed E-state index contributed by atoms with van der Waals surface area (Å²) in [5.41, 5.74) is 2.08. The Hall–Kier alpha value is -4.01. The molecular weight excluding hydrogens is 410 g/mol. The van der Waals surface area contributed by atoms with Crippen molar-refractivity contribution in [2.45, 2.75) is 26.9 Å². The number of hydrogen-bond donors (Lipinski definition) is 3. The molecule has 3 aromatic rings. The molecule has 2 amide bonds. The Balaban J connectivity index is 1.35. The van der Waals surface area contributed by atoms with E-state index in [1.165, 1.54) is 0 Å². The highest BCUT2D eigenvalue weighted by atomic mass is 16.6. The summed E-state index contributed by atoms with van der Waals surface area (Å²) in [6.45, 7) is 6.71. The molecule has 32 heavy (non-hydrogen) atoms. The Morgan fingerprint density at radius 2 is 1.56 bits per heavy atom. The van der Waals surface area contributed by atoms with Crippen LogP contribution in [0.4, 0.5) is 27.7 Å². The Kier molecular flexibility index (Phi) is 6.25. The van der Waals surface area contributed by atoms with E-state index in [1.807, 2.05) is 32.9 Å². The van der Waals surface area contributed by atoms with Crippen LogP contribution in [0, 0.1) is 6.92 Å². The van der Waals surface area contributed by atoms with Gasteiger partial charge in [0.1, 0.15) is 24.9 Å². The zero-order valence-electron chi connectivity index (χ0n) is 18.1. The van der Waals surface area contributed by atoms with Crippen molar-refractivity contribution in [3.63, 3.8) is 0 Å². The lowest BCUT2D eigenvalue weighted by Gasteiger charge is -2.19. The number of carbonyl (C=O) groups is 1. The van der Waals surface area contributed by atoms with Crippen LogP contribution in [-0.4, -0.2) is 35.3 Å². The van der Waals surface area contributed by atoms with Crippen molar-refractivity contribution in [3.8, 4) is 17.4 Å². The number of fused-ring (bicyclic) bond motifs is 1. The Labute approximate surface area is 186 Å². The molecule has 1 aliphatic heterocycles. The average molecular weight is 435 g/mol. The van der Waals surface area contributed by atoms with E-state index < -0.39 is 0 Å². The first kappa shape index (κ1) is 21.2. The summed E-state index contributed by atoms with van der Waals surface area (Å²) >= 11 is 0. The lowest BCUT2D eigenvalue weighted by molar-refractivity contribution is 0.171. The highest BCUT2D eigenvalue weighted by molar-refractivity contribution is 6.00. The fraction of sp³-hybridized carbons (Fsp3) is 0.261. The van der Waals surface area contributed by atoms with Gasteiger partial charge in [0.05, 0.1) is 6.10 Å².